The Morgan fingerprint density at radius 1 is 1.19 bits per heavy atom. The van der Waals surface area contributed by atoms with Gasteiger partial charge in [-0.1, -0.05) is 12.1 Å². The molecule has 0 radical (unpaired) electrons. The number of amides is 1. The highest BCUT2D eigenvalue weighted by Crippen LogP contribution is 2.23. The minimum atomic E-state index is -0.879. The average Bonchev–Trinajstić information content (AvgIpc) is 3.10. The molecular formula is C16H20N2O3. The fraction of sp³-hybridized carbons (Fsp3) is 0.500. The van der Waals surface area contributed by atoms with Crippen LogP contribution in [0.3, 0.4) is 0 Å². The third-order valence-corrected chi connectivity index (χ3v) is 4.34. The van der Waals surface area contributed by atoms with Crippen LogP contribution in [-0.2, 0) is 16.1 Å². The Morgan fingerprint density at radius 3 is 2.43 bits per heavy atom. The van der Waals surface area contributed by atoms with Gasteiger partial charge >= 0.3 is 5.97 Å². The molecule has 21 heavy (non-hydrogen) atoms. The topological polar surface area (TPSA) is 60.9 Å². The predicted octanol–water partition coefficient (Wildman–Crippen LogP) is 1.72. The van der Waals surface area contributed by atoms with E-state index in [0.29, 0.717) is 13.1 Å². The lowest BCUT2D eigenvalue weighted by atomic mass is 10.1. The van der Waals surface area contributed by atoms with Gasteiger partial charge in [0.2, 0.25) is 5.91 Å². The van der Waals surface area contributed by atoms with Gasteiger partial charge < -0.3 is 14.9 Å². The molecule has 5 heteroatoms. The van der Waals surface area contributed by atoms with E-state index in [-0.39, 0.29) is 12.3 Å². The van der Waals surface area contributed by atoms with E-state index in [1.54, 1.807) is 4.90 Å². The van der Waals surface area contributed by atoms with E-state index < -0.39 is 11.9 Å². The van der Waals surface area contributed by atoms with Crippen LogP contribution >= 0.6 is 0 Å². The van der Waals surface area contributed by atoms with Crippen LogP contribution in [0.4, 0.5) is 5.69 Å². The number of hydrogen-bond donors (Lipinski definition) is 1. The molecule has 1 aromatic rings. The Kier molecular flexibility index (Phi) is 3.82. The maximum absolute atomic E-state index is 11.8. The van der Waals surface area contributed by atoms with Gasteiger partial charge in [-0.15, -0.1) is 0 Å². The number of hydrogen-bond acceptors (Lipinski definition) is 3. The maximum Gasteiger partial charge on any atom is 0.308 e. The summed E-state index contributed by atoms with van der Waals surface area (Å²) in [5.74, 6) is -1.50. The van der Waals surface area contributed by atoms with Crippen molar-refractivity contribution >= 4 is 17.6 Å². The van der Waals surface area contributed by atoms with Gasteiger partial charge in [-0.3, -0.25) is 9.59 Å². The molecule has 5 nitrogen and oxygen atoms in total. The molecule has 1 unspecified atom stereocenters. The van der Waals surface area contributed by atoms with Crippen LogP contribution in [0.5, 0.6) is 0 Å². The first-order valence-corrected chi connectivity index (χ1v) is 7.48. The van der Waals surface area contributed by atoms with Gasteiger partial charge in [-0.25, -0.2) is 0 Å². The number of carboxylic acid groups (broad SMARTS) is 1. The number of likely N-dealkylation sites (tertiary alicyclic amines) is 1. The van der Waals surface area contributed by atoms with Crippen LogP contribution < -0.4 is 4.90 Å². The van der Waals surface area contributed by atoms with E-state index in [0.717, 1.165) is 18.7 Å². The molecule has 2 fully saturated rings. The second-order valence-electron chi connectivity index (χ2n) is 5.87. The smallest absolute Gasteiger partial charge is 0.308 e. The summed E-state index contributed by atoms with van der Waals surface area (Å²) >= 11 is 0. The van der Waals surface area contributed by atoms with E-state index in [4.69, 9.17) is 5.11 Å². The zero-order valence-corrected chi connectivity index (χ0v) is 12.0. The van der Waals surface area contributed by atoms with Crippen molar-refractivity contribution in [2.45, 2.75) is 25.8 Å². The van der Waals surface area contributed by atoms with Gasteiger partial charge in [0.25, 0.3) is 0 Å². The lowest BCUT2D eigenvalue weighted by Gasteiger charge is -2.19. The molecule has 0 spiro atoms. The maximum atomic E-state index is 11.8. The van der Waals surface area contributed by atoms with Crippen LogP contribution in [0.15, 0.2) is 24.3 Å². The zero-order chi connectivity index (χ0) is 14.8. The molecule has 2 heterocycles. The summed E-state index contributed by atoms with van der Waals surface area (Å²) < 4.78 is 0. The molecule has 3 rings (SSSR count). The van der Waals surface area contributed by atoms with Crippen molar-refractivity contribution < 1.29 is 14.7 Å². The molecule has 0 saturated carbocycles. The van der Waals surface area contributed by atoms with Crippen LogP contribution in [-0.4, -0.2) is 41.5 Å². The normalized spacial score (nSPS) is 22.1. The minimum absolute atomic E-state index is 0.0639. The number of nitrogens with zero attached hydrogens (tertiary/aromatic N) is 2. The van der Waals surface area contributed by atoms with E-state index in [9.17, 15) is 9.59 Å². The first-order valence-electron chi connectivity index (χ1n) is 7.48. The van der Waals surface area contributed by atoms with E-state index in [1.165, 1.54) is 18.5 Å². The lowest BCUT2D eigenvalue weighted by molar-refractivity contribution is -0.141. The Labute approximate surface area is 124 Å². The van der Waals surface area contributed by atoms with Crippen molar-refractivity contribution in [3.8, 4) is 0 Å². The Hall–Kier alpha value is -2.04. The number of benzene rings is 1. The van der Waals surface area contributed by atoms with Gasteiger partial charge in [0.05, 0.1) is 5.92 Å². The molecule has 1 amide bonds. The quantitative estimate of drug-likeness (QED) is 0.916. The molecule has 0 bridgehead atoms. The van der Waals surface area contributed by atoms with Gasteiger partial charge in [0.15, 0.2) is 0 Å². The number of rotatable bonds is 4. The van der Waals surface area contributed by atoms with Gasteiger partial charge in [-0.2, -0.15) is 0 Å². The number of carboxylic acids is 1. The monoisotopic (exact) mass is 288 g/mol. The summed E-state index contributed by atoms with van der Waals surface area (Å²) in [7, 11) is 0. The molecule has 1 aromatic carbocycles. The van der Waals surface area contributed by atoms with Crippen LogP contribution in [0.25, 0.3) is 0 Å². The van der Waals surface area contributed by atoms with Crippen LogP contribution in [0.2, 0.25) is 0 Å². The highest BCUT2D eigenvalue weighted by atomic mass is 16.4. The van der Waals surface area contributed by atoms with E-state index in [2.05, 4.69) is 17.0 Å². The summed E-state index contributed by atoms with van der Waals surface area (Å²) in [4.78, 5) is 26.8. The van der Waals surface area contributed by atoms with Gasteiger partial charge in [0.1, 0.15) is 0 Å². The second kappa shape index (κ2) is 5.76. The number of anilines is 1. The second-order valence-corrected chi connectivity index (χ2v) is 5.87. The lowest BCUT2D eigenvalue weighted by Crippen LogP contribution is -2.25. The SMILES string of the molecule is O=C(O)C1CC(=O)N(Cc2ccc(N3CCCC3)cc2)C1. The average molecular weight is 288 g/mol. The molecular weight excluding hydrogens is 268 g/mol. The molecule has 2 aliphatic heterocycles. The fourth-order valence-electron chi connectivity index (χ4n) is 3.10. The Balaban J connectivity index is 1.62. The Morgan fingerprint density at radius 2 is 1.86 bits per heavy atom. The molecule has 1 N–H and O–H groups in total. The number of aliphatic carboxylic acids is 1. The molecule has 0 aliphatic carbocycles. The molecule has 0 aromatic heterocycles. The summed E-state index contributed by atoms with van der Waals surface area (Å²) in [6.07, 6.45) is 2.63. The fourth-order valence-corrected chi connectivity index (χ4v) is 3.10. The van der Waals surface area contributed by atoms with E-state index >= 15 is 0 Å². The zero-order valence-electron chi connectivity index (χ0n) is 12.0. The highest BCUT2D eigenvalue weighted by molar-refractivity contribution is 5.86. The molecule has 112 valence electrons. The summed E-state index contributed by atoms with van der Waals surface area (Å²) in [5, 5.41) is 8.99. The summed E-state index contributed by atoms with van der Waals surface area (Å²) in [5.41, 5.74) is 2.28. The molecule has 1 atom stereocenters. The minimum Gasteiger partial charge on any atom is -0.481 e. The summed E-state index contributed by atoms with van der Waals surface area (Å²) in [6.45, 7) is 3.05. The van der Waals surface area contributed by atoms with E-state index in [1.807, 2.05) is 12.1 Å². The van der Waals surface area contributed by atoms with Crippen molar-refractivity contribution in [1.29, 1.82) is 0 Å². The molecule has 2 saturated heterocycles. The largest absolute Gasteiger partial charge is 0.481 e. The third kappa shape index (κ3) is 3.01. The van der Waals surface area contributed by atoms with Crippen molar-refractivity contribution in [2.24, 2.45) is 5.92 Å². The first-order chi connectivity index (χ1) is 10.1. The van der Waals surface area contributed by atoms with Gasteiger partial charge in [0, 0.05) is 38.3 Å². The van der Waals surface area contributed by atoms with Crippen molar-refractivity contribution in [3.63, 3.8) is 0 Å². The van der Waals surface area contributed by atoms with Gasteiger partial charge in [-0.05, 0) is 30.5 Å². The van der Waals surface area contributed by atoms with Crippen LogP contribution in [0, 0.1) is 5.92 Å². The first kappa shape index (κ1) is 13.9. The standard InChI is InChI=1S/C16H20N2O3/c19-15-9-13(16(20)21)11-18(15)10-12-3-5-14(6-4-12)17-7-1-2-8-17/h3-6,13H,1-2,7-11H2,(H,20,21). The number of carbonyl (C=O) groups is 2. The summed E-state index contributed by atoms with van der Waals surface area (Å²) in [6, 6.07) is 8.26. The number of carbonyl (C=O) groups excluding carboxylic acids is 1. The van der Waals surface area contributed by atoms with Crippen molar-refractivity contribution in [3.05, 3.63) is 29.8 Å². The Bertz CT molecular complexity index is 535. The van der Waals surface area contributed by atoms with Crippen LogP contribution in [0.1, 0.15) is 24.8 Å². The third-order valence-electron chi connectivity index (χ3n) is 4.34. The van der Waals surface area contributed by atoms with Crippen molar-refractivity contribution in [2.75, 3.05) is 24.5 Å². The predicted molar refractivity (Wildman–Crippen MR) is 79.0 cm³/mol. The highest BCUT2D eigenvalue weighted by Gasteiger charge is 2.34. The molecule has 2 aliphatic rings. The van der Waals surface area contributed by atoms with Crippen molar-refractivity contribution in [1.82, 2.24) is 4.90 Å².